The van der Waals surface area contributed by atoms with E-state index in [0.717, 1.165) is 13.5 Å². The van der Waals surface area contributed by atoms with E-state index in [0.29, 0.717) is 12.8 Å². The number of carbonyl (C=O) groups is 2. The molecule has 1 unspecified atom stereocenters. The van der Waals surface area contributed by atoms with Crippen molar-refractivity contribution in [2.45, 2.75) is 25.4 Å². The summed E-state index contributed by atoms with van der Waals surface area (Å²) in [5.41, 5.74) is -1.90. The summed E-state index contributed by atoms with van der Waals surface area (Å²) in [6.07, 6.45) is 0.994. The topological polar surface area (TPSA) is 98.7 Å². The predicted molar refractivity (Wildman–Crippen MR) is 54.4 cm³/mol. The number of rotatable bonds is 7. The van der Waals surface area contributed by atoms with Gasteiger partial charge in [-0.05, 0) is 26.9 Å². The van der Waals surface area contributed by atoms with E-state index < -0.39 is 11.6 Å². The van der Waals surface area contributed by atoms with Gasteiger partial charge in [0.2, 0.25) is 5.91 Å². The Balaban J connectivity index is 3.75. The maximum absolute atomic E-state index is 11.1. The minimum Gasteiger partial charge on any atom is -0.479 e. The van der Waals surface area contributed by atoms with Crippen LogP contribution in [0.3, 0.4) is 0 Å². The minimum absolute atomic E-state index is 0.258. The Morgan fingerprint density at radius 3 is 2.47 bits per heavy atom. The van der Waals surface area contributed by atoms with Crippen molar-refractivity contribution >= 4 is 11.9 Å². The Hall–Kier alpha value is -1.14. The first-order valence-electron chi connectivity index (χ1n) is 4.77. The van der Waals surface area contributed by atoms with Crippen LogP contribution in [0.4, 0.5) is 0 Å². The minimum atomic E-state index is -1.90. The molecule has 0 fully saturated rings. The molecule has 0 saturated heterocycles. The standard InChI is InChI=1S/C9H18N2O4/c1-9(15,8(13)14)6-11-7(12)4-3-5-10-2/h10,15H,3-6H2,1-2H3,(H,11,12)(H,13,14). The summed E-state index contributed by atoms with van der Waals surface area (Å²) >= 11 is 0. The second-order valence-corrected chi connectivity index (χ2v) is 3.56. The molecule has 0 aliphatic carbocycles. The van der Waals surface area contributed by atoms with Crippen molar-refractivity contribution in [1.29, 1.82) is 0 Å². The molecule has 6 heteroatoms. The third kappa shape index (κ3) is 6.03. The highest BCUT2D eigenvalue weighted by Gasteiger charge is 2.29. The molecule has 0 aromatic heterocycles. The normalized spacial score (nSPS) is 14.3. The SMILES string of the molecule is CNCCCC(=O)NCC(C)(O)C(=O)O. The van der Waals surface area contributed by atoms with E-state index in [-0.39, 0.29) is 12.5 Å². The third-order valence-electron chi connectivity index (χ3n) is 1.92. The fourth-order valence-corrected chi connectivity index (χ4v) is 0.860. The number of carbonyl (C=O) groups excluding carboxylic acids is 1. The van der Waals surface area contributed by atoms with Gasteiger partial charge in [-0.25, -0.2) is 4.79 Å². The largest absolute Gasteiger partial charge is 0.479 e. The second-order valence-electron chi connectivity index (χ2n) is 3.56. The number of amides is 1. The van der Waals surface area contributed by atoms with Crippen molar-refractivity contribution in [1.82, 2.24) is 10.6 Å². The first kappa shape index (κ1) is 13.9. The molecule has 6 nitrogen and oxygen atoms in total. The zero-order valence-electron chi connectivity index (χ0n) is 9.04. The fraction of sp³-hybridized carbons (Fsp3) is 0.778. The Kier molecular flexibility index (Phi) is 5.88. The molecule has 1 amide bonds. The number of aliphatic hydroxyl groups is 1. The van der Waals surface area contributed by atoms with Crippen molar-refractivity contribution in [2.24, 2.45) is 0 Å². The molecule has 1 atom stereocenters. The lowest BCUT2D eigenvalue weighted by molar-refractivity contribution is -0.156. The maximum Gasteiger partial charge on any atom is 0.337 e. The molecule has 0 aliphatic heterocycles. The average molecular weight is 218 g/mol. The maximum atomic E-state index is 11.1. The van der Waals surface area contributed by atoms with Gasteiger partial charge in [0.05, 0.1) is 6.54 Å². The van der Waals surface area contributed by atoms with Gasteiger partial charge in [0.1, 0.15) is 0 Å². The van der Waals surface area contributed by atoms with Crippen LogP contribution in [0.25, 0.3) is 0 Å². The summed E-state index contributed by atoms with van der Waals surface area (Å²) in [4.78, 5) is 21.6. The molecule has 0 saturated carbocycles. The first-order valence-corrected chi connectivity index (χ1v) is 4.77. The summed E-state index contributed by atoms with van der Waals surface area (Å²) in [6.45, 7) is 1.59. The van der Waals surface area contributed by atoms with E-state index in [1.807, 2.05) is 0 Å². The Morgan fingerprint density at radius 2 is 2.00 bits per heavy atom. The van der Waals surface area contributed by atoms with Gasteiger partial charge in [0, 0.05) is 6.42 Å². The van der Waals surface area contributed by atoms with Crippen molar-refractivity contribution in [3.05, 3.63) is 0 Å². The number of nitrogens with one attached hydrogen (secondary N) is 2. The Bertz CT molecular complexity index is 228. The second kappa shape index (κ2) is 6.36. The number of aliphatic carboxylic acids is 1. The van der Waals surface area contributed by atoms with Crippen LogP contribution in [0.15, 0.2) is 0 Å². The van der Waals surface area contributed by atoms with Crippen LogP contribution in [0, 0.1) is 0 Å². The monoisotopic (exact) mass is 218 g/mol. The lowest BCUT2D eigenvalue weighted by Gasteiger charge is -2.18. The van der Waals surface area contributed by atoms with Crippen LogP contribution in [0.2, 0.25) is 0 Å². The van der Waals surface area contributed by atoms with Crippen molar-refractivity contribution in [3.63, 3.8) is 0 Å². The van der Waals surface area contributed by atoms with Crippen LogP contribution < -0.4 is 10.6 Å². The summed E-state index contributed by atoms with van der Waals surface area (Å²) in [6, 6.07) is 0. The number of hydrogen-bond acceptors (Lipinski definition) is 4. The van der Waals surface area contributed by atoms with Gasteiger partial charge in [-0.3, -0.25) is 4.79 Å². The van der Waals surface area contributed by atoms with Crippen LogP contribution in [-0.4, -0.2) is 47.8 Å². The van der Waals surface area contributed by atoms with Gasteiger partial charge in [0.25, 0.3) is 0 Å². The Morgan fingerprint density at radius 1 is 1.40 bits per heavy atom. The number of carboxylic acids is 1. The molecular weight excluding hydrogens is 200 g/mol. The van der Waals surface area contributed by atoms with Gasteiger partial charge < -0.3 is 20.8 Å². The summed E-state index contributed by atoms with van der Waals surface area (Å²) in [7, 11) is 1.78. The van der Waals surface area contributed by atoms with Gasteiger partial charge in [0.15, 0.2) is 5.60 Å². The van der Waals surface area contributed by atoms with Crippen LogP contribution in [0.1, 0.15) is 19.8 Å². The summed E-state index contributed by atoms with van der Waals surface area (Å²) < 4.78 is 0. The van der Waals surface area contributed by atoms with E-state index >= 15 is 0 Å². The lowest BCUT2D eigenvalue weighted by atomic mass is 10.1. The highest BCUT2D eigenvalue weighted by molar-refractivity contribution is 5.80. The van der Waals surface area contributed by atoms with E-state index in [9.17, 15) is 14.7 Å². The molecule has 88 valence electrons. The molecular formula is C9H18N2O4. The van der Waals surface area contributed by atoms with E-state index in [1.165, 1.54) is 0 Å². The highest BCUT2D eigenvalue weighted by Crippen LogP contribution is 2.01. The number of carboxylic acid groups (broad SMARTS) is 1. The van der Waals surface area contributed by atoms with Gasteiger partial charge >= 0.3 is 5.97 Å². The molecule has 0 aromatic rings. The first-order chi connectivity index (χ1) is 6.90. The molecule has 15 heavy (non-hydrogen) atoms. The van der Waals surface area contributed by atoms with Crippen LogP contribution in [-0.2, 0) is 9.59 Å². The van der Waals surface area contributed by atoms with Gasteiger partial charge in [-0.1, -0.05) is 0 Å². The van der Waals surface area contributed by atoms with Crippen LogP contribution in [0.5, 0.6) is 0 Å². The molecule has 4 N–H and O–H groups in total. The van der Waals surface area contributed by atoms with Crippen LogP contribution >= 0.6 is 0 Å². The zero-order valence-corrected chi connectivity index (χ0v) is 9.04. The highest BCUT2D eigenvalue weighted by atomic mass is 16.4. The molecule has 0 radical (unpaired) electrons. The van der Waals surface area contributed by atoms with Crippen molar-refractivity contribution in [3.8, 4) is 0 Å². The van der Waals surface area contributed by atoms with E-state index in [1.54, 1.807) is 7.05 Å². The van der Waals surface area contributed by atoms with Crippen molar-refractivity contribution < 1.29 is 19.8 Å². The predicted octanol–water partition coefficient (Wildman–Crippen LogP) is -1.06. The molecule has 0 rings (SSSR count). The molecule has 0 heterocycles. The Labute approximate surface area is 88.7 Å². The quantitative estimate of drug-likeness (QED) is 0.408. The lowest BCUT2D eigenvalue weighted by Crippen LogP contribution is -2.46. The average Bonchev–Trinajstić information content (AvgIpc) is 2.15. The van der Waals surface area contributed by atoms with Crippen molar-refractivity contribution in [2.75, 3.05) is 20.1 Å². The summed E-state index contributed by atoms with van der Waals surface area (Å²) in [5, 5.41) is 23.1. The van der Waals surface area contributed by atoms with E-state index in [4.69, 9.17) is 5.11 Å². The molecule has 0 spiro atoms. The summed E-state index contributed by atoms with van der Waals surface area (Å²) in [5.74, 6) is -1.61. The fourth-order valence-electron chi connectivity index (χ4n) is 0.860. The molecule has 0 aromatic carbocycles. The molecule has 0 bridgehead atoms. The molecule has 0 aliphatic rings. The zero-order chi connectivity index (χ0) is 11.9. The van der Waals surface area contributed by atoms with Gasteiger partial charge in [-0.2, -0.15) is 0 Å². The smallest absolute Gasteiger partial charge is 0.337 e. The number of hydrogen-bond donors (Lipinski definition) is 4. The van der Waals surface area contributed by atoms with Gasteiger partial charge in [-0.15, -0.1) is 0 Å². The van der Waals surface area contributed by atoms with E-state index in [2.05, 4.69) is 10.6 Å². The third-order valence-corrected chi connectivity index (χ3v) is 1.92.